The Morgan fingerprint density at radius 2 is 1.78 bits per heavy atom. The number of carbonyl (C=O) groups is 2. The monoisotopic (exact) mass is 313 g/mol. The van der Waals surface area contributed by atoms with Crippen molar-refractivity contribution in [1.82, 2.24) is 20.5 Å². The highest BCUT2D eigenvalue weighted by atomic mass is 16.2. The van der Waals surface area contributed by atoms with Gasteiger partial charge in [0.15, 0.2) is 0 Å². The van der Waals surface area contributed by atoms with Crippen LogP contribution in [0.25, 0.3) is 0 Å². The minimum Gasteiger partial charge on any atom is -0.349 e. The molecule has 7 nitrogen and oxygen atoms in total. The second kappa shape index (κ2) is 7.04. The van der Waals surface area contributed by atoms with E-state index in [-0.39, 0.29) is 23.7 Å². The first-order chi connectivity index (χ1) is 11.2. The topological polar surface area (TPSA) is 99.8 Å². The van der Waals surface area contributed by atoms with E-state index >= 15 is 0 Å². The van der Waals surface area contributed by atoms with Crippen LogP contribution in [0.15, 0.2) is 30.6 Å². The highest BCUT2D eigenvalue weighted by Gasteiger charge is 2.16. The summed E-state index contributed by atoms with van der Waals surface area (Å²) in [5, 5.41) is 11.9. The lowest BCUT2D eigenvalue weighted by atomic mass is 9.95. The Bertz CT molecular complexity index is 660. The number of rotatable bonds is 4. The number of aromatic nitrogens is 3. The van der Waals surface area contributed by atoms with Crippen LogP contribution in [0.3, 0.4) is 0 Å². The van der Waals surface area contributed by atoms with Crippen LogP contribution in [0.1, 0.15) is 53.1 Å². The van der Waals surface area contributed by atoms with E-state index in [1.807, 2.05) is 0 Å². The first-order valence-corrected chi connectivity index (χ1v) is 7.80. The van der Waals surface area contributed by atoms with Crippen molar-refractivity contribution in [2.24, 2.45) is 0 Å². The fourth-order valence-corrected chi connectivity index (χ4v) is 2.73. The van der Waals surface area contributed by atoms with Crippen molar-refractivity contribution in [2.75, 3.05) is 5.32 Å². The second-order valence-electron chi connectivity index (χ2n) is 5.67. The number of carbonyl (C=O) groups excluding carboxylic acids is 2. The summed E-state index contributed by atoms with van der Waals surface area (Å²) in [5.74, 6) is -0.295. The molecular weight excluding hydrogens is 294 g/mol. The van der Waals surface area contributed by atoms with Gasteiger partial charge in [-0.2, -0.15) is 5.10 Å². The highest BCUT2D eigenvalue weighted by Crippen LogP contribution is 2.18. The number of hydrogen-bond donors (Lipinski definition) is 3. The molecule has 0 spiro atoms. The molecule has 1 aliphatic rings. The maximum atomic E-state index is 12.2. The van der Waals surface area contributed by atoms with E-state index in [4.69, 9.17) is 0 Å². The zero-order chi connectivity index (χ0) is 16.1. The summed E-state index contributed by atoms with van der Waals surface area (Å²) in [6, 6.07) is 7.08. The van der Waals surface area contributed by atoms with Crippen molar-refractivity contribution < 1.29 is 9.59 Å². The van der Waals surface area contributed by atoms with Crippen molar-refractivity contribution in [3.05, 3.63) is 42.0 Å². The smallest absolute Gasteiger partial charge is 0.292 e. The van der Waals surface area contributed by atoms with Gasteiger partial charge in [0.25, 0.3) is 11.8 Å². The molecule has 0 saturated heterocycles. The minimum absolute atomic E-state index is 0.0648. The number of anilines is 1. The van der Waals surface area contributed by atoms with E-state index < -0.39 is 0 Å². The van der Waals surface area contributed by atoms with E-state index in [1.54, 1.807) is 24.3 Å². The fraction of sp³-hybridized carbons (Fsp3) is 0.375. The average molecular weight is 313 g/mol. The van der Waals surface area contributed by atoms with Crippen molar-refractivity contribution >= 4 is 17.5 Å². The number of amides is 2. The van der Waals surface area contributed by atoms with Gasteiger partial charge in [0.1, 0.15) is 6.33 Å². The summed E-state index contributed by atoms with van der Waals surface area (Å²) < 4.78 is 0. The van der Waals surface area contributed by atoms with Gasteiger partial charge in [0.2, 0.25) is 5.82 Å². The molecule has 1 saturated carbocycles. The van der Waals surface area contributed by atoms with Gasteiger partial charge >= 0.3 is 0 Å². The van der Waals surface area contributed by atoms with Crippen molar-refractivity contribution in [3.8, 4) is 0 Å². The largest absolute Gasteiger partial charge is 0.349 e. The molecule has 7 heteroatoms. The highest BCUT2D eigenvalue weighted by molar-refractivity contribution is 6.02. The number of hydrogen-bond acceptors (Lipinski definition) is 4. The van der Waals surface area contributed by atoms with Gasteiger partial charge < -0.3 is 10.6 Å². The summed E-state index contributed by atoms with van der Waals surface area (Å²) in [5.41, 5.74) is 1.19. The maximum absolute atomic E-state index is 12.2. The number of benzene rings is 1. The van der Waals surface area contributed by atoms with Crippen molar-refractivity contribution in [3.63, 3.8) is 0 Å². The minimum atomic E-state index is -0.373. The first-order valence-electron chi connectivity index (χ1n) is 7.80. The van der Waals surface area contributed by atoms with E-state index in [2.05, 4.69) is 25.8 Å². The Balaban J connectivity index is 1.58. The molecule has 3 rings (SSSR count). The molecule has 1 heterocycles. The first kappa shape index (κ1) is 15.2. The number of aromatic amines is 1. The van der Waals surface area contributed by atoms with Crippen LogP contribution in [0.5, 0.6) is 0 Å². The third-order valence-corrected chi connectivity index (χ3v) is 3.98. The van der Waals surface area contributed by atoms with Crippen LogP contribution in [0.2, 0.25) is 0 Å². The molecule has 0 unspecified atom stereocenters. The molecular formula is C16H19N5O2. The van der Waals surface area contributed by atoms with Gasteiger partial charge in [-0.25, -0.2) is 4.98 Å². The molecule has 2 amide bonds. The lowest BCUT2D eigenvalue weighted by Crippen LogP contribution is -2.36. The maximum Gasteiger partial charge on any atom is 0.292 e. The molecule has 1 aliphatic carbocycles. The summed E-state index contributed by atoms with van der Waals surface area (Å²) >= 11 is 0. The van der Waals surface area contributed by atoms with E-state index in [1.165, 1.54) is 25.6 Å². The third-order valence-electron chi connectivity index (χ3n) is 3.98. The molecule has 0 atom stereocenters. The van der Waals surface area contributed by atoms with Crippen LogP contribution in [-0.4, -0.2) is 33.0 Å². The SMILES string of the molecule is O=C(NC1CCCCC1)c1ccc(NC(=O)c2ncn[nH]2)cc1. The Morgan fingerprint density at radius 1 is 1.04 bits per heavy atom. The average Bonchev–Trinajstić information content (AvgIpc) is 3.11. The third kappa shape index (κ3) is 3.94. The van der Waals surface area contributed by atoms with Crippen molar-refractivity contribution in [2.45, 2.75) is 38.1 Å². The van der Waals surface area contributed by atoms with E-state index in [0.29, 0.717) is 11.3 Å². The molecule has 0 aliphatic heterocycles. The van der Waals surface area contributed by atoms with E-state index in [9.17, 15) is 9.59 Å². The number of nitrogens with one attached hydrogen (secondary N) is 3. The number of nitrogens with zero attached hydrogens (tertiary/aromatic N) is 2. The quantitative estimate of drug-likeness (QED) is 0.805. The molecule has 1 fully saturated rings. The summed E-state index contributed by atoms with van der Waals surface area (Å²) in [6.45, 7) is 0. The van der Waals surface area contributed by atoms with Gasteiger partial charge in [-0.3, -0.25) is 14.7 Å². The van der Waals surface area contributed by atoms with Crippen LogP contribution in [0, 0.1) is 0 Å². The van der Waals surface area contributed by atoms with Gasteiger partial charge in [-0.1, -0.05) is 19.3 Å². The lowest BCUT2D eigenvalue weighted by Gasteiger charge is -2.22. The zero-order valence-electron chi connectivity index (χ0n) is 12.7. The zero-order valence-corrected chi connectivity index (χ0v) is 12.7. The molecule has 3 N–H and O–H groups in total. The molecule has 120 valence electrons. The molecule has 23 heavy (non-hydrogen) atoms. The predicted molar refractivity (Wildman–Crippen MR) is 85.1 cm³/mol. The standard InChI is InChI=1S/C16H19N5O2/c22-15(19-12-4-2-1-3-5-12)11-6-8-13(9-7-11)20-16(23)14-17-10-18-21-14/h6-10,12H,1-5H2,(H,19,22)(H,20,23)(H,17,18,21). The van der Waals surface area contributed by atoms with Crippen molar-refractivity contribution in [1.29, 1.82) is 0 Å². The van der Waals surface area contributed by atoms with Gasteiger partial charge in [0.05, 0.1) is 0 Å². The Kier molecular flexibility index (Phi) is 4.65. The Morgan fingerprint density at radius 3 is 2.43 bits per heavy atom. The predicted octanol–water partition coefficient (Wildman–Crippen LogP) is 2.12. The summed E-state index contributed by atoms with van der Waals surface area (Å²) in [4.78, 5) is 27.8. The molecule has 1 aromatic heterocycles. The summed E-state index contributed by atoms with van der Waals surface area (Å²) in [7, 11) is 0. The summed E-state index contributed by atoms with van der Waals surface area (Å²) in [6.07, 6.45) is 6.99. The van der Waals surface area contributed by atoms with Crippen LogP contribution >= 0.6 is 0 Å². The van der Waals surface area contributed by atoms with Gasteiger partial charge in [0, 0.05) is 17.3 Å². The van der Waals surface area contributed by atoms with Gasteiger partial charge in [-0.15, -0.1) is 0 Å². The van der Waals surface area contributed by atoms with E-state index in [0.717, 1.165) is 12.8 Å². The molecule has 1 aromatic carbocycles. The number of H-pyrrole nitrogens is 1. The van der Waals surface area contributed by atoms with Crippen LogP contribution in [0.4, 0.5) is 5.69 Å². The molecule has 0 bridgehead atoms. The van der Waals surface area contributed by atoms with Crippen LogP contribution in [-0.2, 0) is 0 Å². The molecule has 2 aromatic rings. The Labute approximate surface area is 133 Å². The molecule has 0 radical (unpaired) electrons. The Hall–Kier alpha value is -2.70. The van der Waals surface area contributed by atoms with Gasteiger partial charge in [-0.05, 0) is 37.1 Å². The lowest BCUT2D eigenvalue weighted by molar-refractivity contribution is 0.0927. The fourth-order valence-electron chi connectivity index (χ4n) is 2.73. The normalized spacial score (nSPS) is 15.1. The second-order valence-corrected chi connectivity index (χ2v) is 5.67. The van der Waals surface area contributed by atoms with Crippen LogP contribution < -0.4 is 10.6 Å².